The number of aromatic nitrogens is 1. The Hall–Kier alpha value is -0.450. The molecule has 1 fully saturated rings. The molecule has 18 heavy (non-hydrogen) atoms. The third kappa shape index (κ3) is 3.53. The highest BCUT2D eigenvalue weighted by atomic mass is 32.1. The van der Waals surface area contributed by atoms with Crippen LogP contribution in [-0.2, 0) is 12.0 Å². The molecule has 1 heterocycles. The van der Waals surface area contributed by atoms with Gasteiger partial charge >= 0.3 is 0 Å². The molecule has 1 aliphatic rings. The topological polar surface area (TPSA) is 45.2 Å². The lowest BCUT2D eigenvalue weighted by atomic mass is 9.93. The summed E-state index contributed by atoms with van der Waals surface area (Å²) in [6.07, 6.45) is 6.21. The summed E-state index contributed by atoms with van der Waals surface area (Å²) >= 11 is 1.77. The van der Waals surface area contributed by atoms with E-state index < -0.39 is 0 Å². The summed E-state index contributed by atoms with van der Waals surface area (Å²) in [5.41, 5.74) is 0.132. The molecule has 102 valence electrons. The van der Waals surface area contributed by atoms with Crippen LogP contribution in [-0.4, -0.2) is 22.2 Å². The minimum atomic E-state index is -0.172. The first-order valence-electron chi connectivity index (χ1n) is 6.83. The van der Waals surface area contributed by atoms with Gasteiger partial charge in [-0.3, -0.25) is 0 Å². The fourth-order valence-corrected chi connectivity index (χ4v) is 3.24. The van der Waals surface area contributed by atoms with E-state index in [1.54, 1.807) is 11.3 Å². The number of nitrogens with one attached hydrogen (secondary N) is 1. The van der Waals surface area contributed by atoms with Crippen molar-refractivity contribution in [3.05, 3.63) is 16.1 Å². The molecule has 0 spiro atoms. The fraction of sp³-hybridized carbons (Fsp3) is 0.786. The zero-order valence-electron chi connectivity index (χ0n) is 11.6. The summed E-state index contributed by atoms with van der Waals surface area (Å²) in [6.45, 7) is 7.39. The van der Waals surface area contributed by atoms with Crippen LogP contribution >= 0.6 is 11.3 Å². The van der Waals surface area contributed by atoms with Gasteiger partial charge in [0.15, 0.2) is 0 Å². The standard InChI is InChI=1S/C14H24N2OS/c1-14(2,3)13-16-9-10(18-13)8-15-11-6-4-5-7-12(11)17/h9,11-12,15,17H,4-8H2,1-3H3. The molecule has 0 aromatic carbocycles. The third-order valence-corrected chi connectivity index (χ3v) is 4.89. The predicted molar refractivity (Wildman–Crippen MR) is 75.9 cm³/mol. The van der Waals surface area contributed by atoms with Crippen LogP contribution in [0.3, 0.4) is 0 Å². The van der Waals surface area contributed by atoms with Crippen molar-refractivity contribution < 1.29 is 5.11 Å². The van der Waals surface area contributed by atoms with Crippen LogP contribution in [0.15, 0.2) is 6.20 Å². The van der Waals surface area contributed by atoms with Gasteiger partial charge in [-0.25, -0.2) is 4.98 Å². The third-order valence-electron chi connectivity index (χ3n) is 3.46. The Bertz CT molecular complexity index is 383. The lowest BCUT2D eigenvalue weighted by molar-refractivity contribution is 0.0904. The molecule has 0 aliphatic heterocycles. The van der Waals surface area contributed by atoms with Gasteiger partial charge in [-0.05, 0) is 12.8 Å². The molecule has 0 radical (unpaired) electrons. The number of thiazole rings is 1. The van der Waals surface area contributed by atoms with Gasteiger partial charge in [0.2, 0.25) is 0 Å². The van der Waals surface area contributed by atoms with Crippen LogP contribution in [0.5, 0.6) is 0 Å². The van der Waals surface area contributed by atoms with Crippen molar-refractivity contribution in [3.63, 3.8) is 0 Å². The van der Waals surface area contributed by atoms with Crippen LogP contribution in [0.25, 0.3) is 0 Å². The average Bonchev–Trinajstić information content (AvgIpc) is 2.76. The Morgan fingerprint density at radius 3 is 2.72 bits per heavy atom. The predicted octanol–water partition coefficient (Wildman–Crippen LogP) is 2.83. The first-order chi connectivity index (χ1) is 8.47. The number of hydrogen-bond donors (Lipinski definition) is 2. The molecule has 1 aromatic heterocycles. The van der Waals surface area contributed by atoms with Gasteiger partial charge in [0.25, 0.3) is 0 Å². The monoisotopic (exact) mass is 268 g/mol. The van der Waals surface area contributed by atoms with Crippen molar-refractivity contribution in [2.24, 2.45) is 0 Å². The second-order valence-electron chi connectivity index (χ2n) is 6.22. The van der Waals surface area contributed by atoms with E-state index in [0.717, 1.165) is 25.8 Å². The maximum atomic E-state index is 9.91. The smallest absolute Gasteiger partial charge is 0.0981 e. The average molecular weight is 268 g/mol. The Kier molecular flexibility index (Phi) is 4.41. The number of rotatable bonds is 3. The quantitative estimate of drug-likeness (QED) is 0.886. The van der Waals surface area contributed by atoms with Crippen LogP contribution in [0.4, 0.5) is 0 Å². The molecular weight excluding hydrogens is 244 g/mol. The van der Waals surface area contributed by atoms with Gasteiger partial charge in [-0.2, -0.15) is 0 Å². The summed E-state index contributed by atoms with van der Waals surface area (Å²) in [7, 11) is 0. The highest BCUT2D eigenvalue weighted by Crippen LogP contribution is 2.27. The van der Waals surface area contributed by atoms with E-state index in [1.807, 2.05) is 6.20 Å². The summed E-state index contributed by atoms with van der Waals surface area (Å²) in [5, 5.41) is 14.6. The number of aliphatic hydroxyl groups excluding tert-OH is 1. The van der Waals surface area contributed by atoms with E-state index in [4.69, 9.17) is 0 Å². The lowest BCUT2D eigenvalue weighted by Gasteiger charge is -2.28. The first kappa shape index (κ1) is 14.0. The summed E-state index contributed by atoms with van der Waals surface area (Å²) in [4.78, 5) is 5.75. The summed E-state index contributed by atoms with van der Waals surface area (Å²) in [5.74, 6) is 0. The van der Waals surface area contributed by atoms with Crippen molar-refractivity contribution in [1.29, 1.82) is 0 Å². The molecule has 2 atom stereocenters. The Labute approximate surface area is 114 Å². The van der Waals surface area contributed by atoms with Gasteiger partial charge in [0.05, 0.1) is 11.1 Å². The molecule has 0 saturated heterocycles. The van der Waals surface area contributed by atoms with Crippen molar-refractivity contribution in [3.8, 4) is 0 Å². The van der Waals surface area contributed by atoms with E-state index >= 15 is 0 Å². The highest BCUT2D eigenvalue weighted by Gasteiger charge is 2.23. The first-order valence-corrected chi connectivity index (χ1v) is 7.65. The molecular formula is C14H24N2OS. The number of hydrogen-bond acceptors (Lipinski definition) is 4. The summed E-state index contributed by atoms with van der Waals surface area (Å²) < 4.78 is 0. The number of nitrogens with zero attached hydrogens (tertiary/aromatic N) is 1. The molecule has 4 heteroatoms. The van der Waals surface area contributed by atoms with Crippen molar-refractivity contribution >= 4 is 11.3 Å². The van der Waals surface area contributed by atoms with E-state index in [0.29, 0.717) is 0 Å². The van der Waals surface area contributed by atoms with Crippen LogP contribution in [0, 0.1) is 0 Å². The van der Waals surface area contributed by atoms with Crippen molar-refractivity contribution in [1.82, 2.24) is 10.3 Å². The molecule has 3 nitrogen and oxygen atoms in total. The van der Waals surface area contributed by atoms with E-state index in [1.165, 1.54) is 16.3 Å². The molecule has 2 unspecified atom stereocenters. The van der Waals surface area contributed by atoms with Crippen molar-refractivity contribution in [2.75, 3.05) is 0 Å². The molecule has 2 rings (SSSR count). The summed E-state index contributed by atoms with van der Waals surface area (Å²) in [6, 6.07) is 0.263. The van der Waals surface area contributed by atoms with Gasteiger partial charge in [-0.1, -0.05) is 33.6 Å². The van der Waals surface area contributed by atoms with Gasteiger partial charge in [-0.15, -0.1) is 11.3 Å². The SMILES string of the molecule is CC(C)(C)c1ncc(CNC2CCCCC2O)s1. The van der Waals surface area contributed by atoms with Crippen LogP contribution in [0.1, 0.15) is 56.3 Å². The Balaban J connectivity index is 1.88. The van der Waals surface area contributed by atoms with Gasteiger partial charge < -0.3 is 10.4 Å². The fourth-order valence-electron chi connectivity index (χ4n) is 2.32. The van der Waals surface area contributed by atoms with E-state index in [2.05, 4.69) is 31.1 Å². The number of aliphatic hydroxyl groups is 1. The van der Waals surface area contributed by atoms with Crippen LogP contribution in [0.2, 0.25) is 0 Å². The van der Waals surface area contributed by atoms with Crippen molar-refractivity contribution in [2.45, 2.75) is 70.6 Å². The highest BCUT2D eigenvalue weighted by molar-refractivity contribution is 7.11. The zero-order chi connectivity index (χ0) is 13.2. The van der Waals surface area contributed by atoms with Gasteiger partial charge in [0.1, 0.15) is 0 Å². The van der Waals surface area contributed by atoms with Gasteiger partial charge in [0, 0.05) is 29.1 Å². The zero-order valence-corrected chi connectivity index (χ0v) is 12.4. The normalized spacial score (nSPS) is 25.3. The molecule has 1 aromatic rings. The molecule has 2 N–H and O–H groups in total. The Morgan fingerprint density at radius 2 is 2.11 bits per heavy atom. The lowest BCUT2D eigenvalue weighted by Crippen LogP contribution is -2.41. The molecule has 0 bridgehead atoms. The minimum Gasteiger partial charge on any atom is -0.392 e. The van der Waals surface area contributed by atoms with Crippen LogP contribution < -0.4 is 5.32 Å². The largest absolute Gasteiger partial charge is 0.392 e. The van der Waals surface area contributed by atoms with E-state index in [9.17, 15) is 5.11 Å². The van der Waals surface area contributed by atoms with E-state index in [-0.39, 0.29) is 17.6 Å². The maximum absolute atomic E-state index is 9.91. The molecule has 1 saturated carbocycles. The second kappa shape index (κ2) is 5.68. The minimum absolute atomic E-state index is 0.132. The second-order valence-corrected chi connectivity index (χ2v) is 7.34. The maximum Gasteiger partial charge on any atom is 0.0981 e. The Morgan fingerprint density at radius 1 is 1.39 bits per heavy atom. The molecule has 1 aliphatic carbocycles. The molecule has 0 amide bonds.